The number of allylic oxidation sites excluding steroid dienone is 2. The summed E-state index contributed by atoms with van der Waals surface area (Å²) in [4.78, 5) is 14.0. The molecule has 0 aromatic heterocycles. The van der Waals surface area contributed by atoms with Gasteiger partial charge in [0.1, 0.15) is 18.3 Å². The van der Waals surface area contributed by atoms with E-state index in [1.165, 1.54) is 23.2 Å². The van der Waals surface area contributed by atoms with Crippen molar-refractivity contribution < 1.29 is 26.7 Å². The van der Waals surface area contributed by atoms with Crippen LogP contribution in [0.25, 0.3) is 0 Å². The van der Waals surface area contributed by atoms with Gasteiger partial charge in [0.15, 0.2) is 0 Å². The van der Waals surface area contributed by atoms with Crippen LogP contribution in [0.1, 0.15) is 24.9 Å². The van der Waals surface area contributed by atoms with Crippen LogP contribution in [0.5, 0.6) is 0 Å². The normalized spacial score (nSPS) is 17.8. The van der Waals surface area contributed by atoms with Crippen LogP contribution in [0.2, 0.25) is 0 Å². The molecule has 0 amide bonds. The van der Waals surface area contributed by atoms with Gasteiger partial charge in [-0.05, 0) is 43.2 Å². The standard InChI is InChI=1S/C20H22BrF5N2O/c1-13(17-9-15(21)3-4-19(17)23)27(2)10-14(5-7-28-11-16(22)12-28)18(6-8-29)20(24,25)26/h3-4,6,8-10,13,16H,5,7,11-12H2,1-2H3/b14-10-,18-6+. The van der Waals surface area contributed by atoms with E-state index in [9.17, 15) is 26.7 Å². The minimum Gasteiger partial charge on any atom is -0.373 e. The average Bonchev–Trinajstić information content (AvgIpc) is 2.61. The number of carbonyl (C=O) groups is 1. The van der Waals surface area contributed by atoms with Crippen molar-refractivity contribution in [3.05, 3.63) is 57.5 Å². The third kappa shape index (κ3) is 6.37. The molecule has 29 heavy (non-hydrogen) atoms. The van der Waals surface area contributed by atoms with Gasteiger partial charge in [0, 0.05) is 42.9 Å². The van der Waals surface area contributed by atoms with E-state index in [0.717, 1.165) is 0 Å². The molecule has 1 heterocycles. The van der Waals surface area contributed by atoms with Gasteiger partial charge in [0.05, 0.1) is 11.6 Å². The van der Waals surface area contributed by atoms with Gasteiger partial charge in [0.2, 0.25) is 0 Å². The first kappa shape index (κ1) is 23.5. The number of hydrogen-bond donors (Lipinski definition) is 0. The molecule has 0 bridgehead atoms. The fourth-order valence-corrected chi connectivity index (χ4v) is 3.48. The van der Waals surface area contributed by atoms with E-state index >= 15 is 0 Å². The van der Waals surface area contributed by atoms with Crippen LogP contribution in [0.15, 0.2) is 46.1 Å². The lowest BCUT2D eigenvalue weighted by molar-refractivity contribution is -0.106. The zero-order valence-corrected chi connectivity index (χ0v) is 17.6. The van der Waals surface area contributed by atoms with Gasteiger partial charge in [-0.25, -0.2) is 8.78 Å². The predicted molar refractivity (Wildman–Crippen MR) is 105 cm³/mol. The molecule has 1 aromatic rings. The average molecular weight is 481 g/mol. The van der Waals surface area contributed by atoms with Gasteiger partial charge < -0.3 is 4.90 Å². The second kappa shape index (κ2) is 9.84. The lowest BCUT2D eigenvalue weighted by atomic mass is 10.0. The van der Waals surface area contributed by atoms with Crippen LogP contribution in [0.3, 0.4) is 0 Å². The summed E-state index contributed by atoms with van der Waals surface area (Å²) in [5, 5.41) is 0. The van der Waals surface area contributed by atoms with Gasteiger partial charge in [-0.3, -0.25) is 9.69 Å². The maximum atomic E-state index is 14.2. The van der Waals surface area contributed by atoms with E-state index in [-0.39, 0.29) is 37.9 Å². The highest BCUT2D eigenvalue weighted by molar-refractivity contribution is 9.10. The quantitative estimate of drug-likeness (QED) is 0.221. The van der Waals surface area contributed by atoms with Gasteiger partial charge in [-0.15, -0.1) is 0 Å². The molecule has 2 rings (SSSR count). The molecule has 0 aliphatic carbocycles. The second-order valence-corrected chi connectivity index (χ2v) is 7.90. The maximum absolute atomic E-state index is 14.2. The molecule has 0 saturated carbocycles. The van der Waals surface area contributed by atoms with Gasteiger partial charge in [0.25, 0.3) is 0 Å². The molecule has 1 aliphatic heterocycles. The highest BCUT2D eigenvalue weighted by Gasteiger charge is 2.36. The molecule has 1 saturated heterocycles. The number of nitrogens with zero attached hydrogens (tertiary/aromatic N) is 2. The molecule has 1 fully saturated rings. The van der Waals surface area contributed by atoms with Gasteiger partial charge >= 0.3 is 6.18 Å². The summed E-state index contributed by atoms with van der Waals surface area (Å²) < 4.78 is 68.3. The van der Waals surface area contributed by atoms with E-state index in [1.807, 2.05) is 0 Å². The lowest BCUT2D eigenvalue weighted by Gasteiger charge is -2.35. The number of benzene rings is 1. The molecule has 1 aromatic carbocycles. The largest absolute Gasteiger partial charge is 0.416 e. The number of likely N-dealkylation sites (tertiary alicyclic amines) is 1. The SMILES string of the molecule is CC(c1cc(Br)ccc1F)N(C)/C=C(CCN1CC(F)C1)\C(=C/C=O)C(F)(F)F. The van der Waals surface area contributed by atoms with Crippen LogP contribution in [0.4, 0.5) is 22.0 Å². The minimum absolute atomic E-state index is 0.0239. The smallest absolute Gasteiger partial charge is 0.373 e. The van der Waals surface area contributed by atoms with Gasteiger partial charge in [-0.1, -0.05) is 15.9 Å². The Morgan fingerprint density at radius 2 is 2.03 bits per heavy atom. The minimum atomic E-state index is -4.73. The van der Waals surface area contributed by atoms with E-state index < -0.39 is 29.8 Å². The molecular weight excluding hydrogens is 459 g/mol. The number of carbonyl (C=O) groups excluding carboxylic acids is 1. The van der Waals surface area contributed by atoms with E-state index in [1.54, 1.807) is 24.9 Å². The molecule has 0 radical (unpaired) electrons. The summed E-state index contributed by atoms with van der Waals surface area (Å²) in [6, 6.07) is 3.82. The van der Waals surface area contributed by atoms with E-state index in [2.05, 4.69) is 15.9 Å². The van der Waals surface area contributed by atoms with Crippen molar-refractivity contribution in [1.82, 2.24) is 9.80 Å². The Bertz CT molecular complexity index is 788. The fraction of sp³-hybridized carbons (Fsp3) is 0.450. The molecular formula is C20H22BrF5N2O. The first-order valence-electron chi connectivity index (χ1n) is 9.00. The fourth-order valence-electron chi connectivity index (χ4n) is 3.10. The van der Waals surface area contributed by atoms with E-state index in [4.69, 9.17) is 0 Å². The first-order chi connectivity index (χ1) is 13.5. The highest BCUT2D eigenvalue weighted by Crippen LogP contribution is 2.34. The van der Waals surface area contributed by atoms with Crippen LogP contribution in [0, 0.1) is 5.82 Å². The molecule has 1 aliphatic rings. The Kier molecular flexibility index (Phi) is 7.99. The third-order valence-corrected chi connectivity index (χ3v) is 5.37. The van der Waals surface area contributed by atoms with Crippen molar-refractivity contribution >= 4 is 22.2 Å². The van der Waals surface area contributed by atoms with Crippen molar-refractivity contribution in [1.29, 1.82) is 0 Å². The zero-order chi connectivity index (χ0) is 21.8. The monoisotopic (exact) mass is 480 g/mol. The summed E-state index contributed by atoms with van der Waals surface area (Å²) in [5.74, 6) is -0.475. The number of aldehydes is 1. The molecule has 0 N–H and O–H groups in total. The highest BCUT2D eigenvalue weighted by atomic mass is 79.9. The van der Waals surface area contributed by atoms with Crippen LogP contribution < -0.4 is 0 Å². The van der Waals surface area contributed by atoms with Crippen molar-refractivity contribution in [2.45, 2.75) is 31.7 Å². The summed E-state index contributed by atoms with van der Waals surface area (Å²) in [6.45, 7) is 2.26. The Hall–Kier alpha value is -1.74. The maximum Gasteiger partial charge on any atom is 0.416 e. The predicted octanol–water partition coefficient (Wildman–Crippen LogP) is 5.20. The van der Waals surface area contributed by atoms with Crippen molar-refractivity contribution in [2.24, 2.45) is 0 Å². The van der Waals surface area contributed by atoms with E-state index in [0.29, 0.717) is 16.1 Å². The number of alkyl halides is 4. The zero-order valence-electron chi connectivity index (χ0n) is 16.0. The molecule has 3 nitrogen and oxygen atoms in total. The van der Waals surface area contributed by atoms with Crippen LogP contribution in [-0.4, -0.2) is 55.1 Å². The van der Waals surface area contributed by atoms with Gasteiger partial charge in [-0.2, -0.15) is 13.2 Å². The van der Waals surface area contributed by atoms with Crippen LogP contribution >= 0.6 is 15.9 Å². The molecule has 9 heteroatoms. The van der Waals surface area contributed by atoms with Crippen molar-refractivity contribution in [2.75, 3.05) is 26.7 Å². The molecule has 1 atom stereocenters. The third-order valence-electron chi connectivity index (χ3n) is 4.87. The second-order valence-electron chi connectivity index (χ2n) is 6.98. The molecule has 0 spiro atoms. The topological polar surface area (TPSA) is 23.6 Å². The van der Waals surface area contributed by atoms with Crippen LogP contribution in [-0.2, 0) is 4.79 Å². The molecule has 1 unspecified atom stereocenters. The Morgan fingerprint density at radius 3 is 2.59 bits per heavy atom. The lowest BCUT2D eigenvalue weighted by Crippen LogP contribution is -2.48. The summed E-state index contributed by atoms with van der Waals surface area (Å²) in [6.07, 6.45) is -3.86. The first-order valence-corrected chi connectivity index (χ1v) is 9.79. The Balaban J connectivity index is 2.31. The summed E-state index contributed by atoms with van der Waals surface area (Å²) >= 11 is 3.26. The molecule has 160 valence electrons. The van der Waals surface area contributed by atoms with Crippen molar-refractivity contribution in [3.8, 4) is 0 Å². The number of halogens is 6. The summed E-state index contributed by atoms with van der Waals surface area (Å²) in [5.41, 5.74) is -0.858. The summed E-state index contributed by atoms with van der Waals surface area (Å²) in [7, 11) is 1.54. The Morgan fingerprint density at radius 1 is 1.38 bits per heavy atom. The van der Waals surface area contributed by atoms with Crippen molar-refractivity contribution in [3.63, 3.8) is 0 Å². The Labute approximate surface area is 175 Å². The number of hydrogen-bond acceptors (Lipinski definition) is 3. The number of rotatable bonds is 8.